The molecule has 2 aliphatic heterocycles. The number of nitrogens with zero attached hydrogens (tertiary/aromatic N) is 1. The molecule has 0 aromatic carbocycles. The topological polar surface area (TPSA) is 52.6 Å². The van der Waals surface area contributed by atoms with Gasteiger partial charge in [0.15, 0.2) is 0 Å². The highest BCUT2D eigenvalue weighted by atomic mass is 19.1. The van der Waals surface area contributed by atoms with Crippen LogP contribution in [0.3, 0.4) is 0 Å². The van der Waals surface area contributed by atoms with Gasteiger partial charge in [0.1, 0.15) is 0 Å². The van der Waals surface area contributed by atoms with Gasteiger partial charge in [-0.05, 0) is 32.2 Å². The number of likely N-dealkylation sites (tertiary alicyclic amines) is 1. The lowest BCUT2D eigenvalue weighted by atomic mass is 9.91. The van der Waals surface area contributed by atoms with E-state index in [-0.39, 0.29) is 17.9 Å². The molecule has 0 aromatic heterocycles. The van der Waals surface area contributed by atoms with Crippen molar-refractivity contribution in [3.8, 4) is 0 Å². The van der Waals surface area contributed by atoms with Gasteiger partial charge in [-0.15, -0.1) is 0 Å². The number of hydrogen-bond donors (Lipinski definition) is 2. The second kappa shape index (κ2) is 5.78. The molecule has 1 amide bonds. The number of alkyl halides is 1. The Labute approximate surface area is 101 Å². The zero-order valence-corrected chi connectivity index (χ0v) is 10.1. The zero-order valence-electron chi connectivity index (χ0n) is 10.1. The monoisotopic (exact) mass is 244 g/mol. The van der Waals surface area contributed by atoms with Gasteiger partial charge in [-0.2, -0.15) is 0 Å². The Morgan fingerprint density at radius 2 is 2.29 bits per heavy atom. The number of aliphatic hydroxyl groups is 1. The quantitative estimate of drug-likeness (QED) is 0.751. The van der Waals surface area contributed by atoms with E-state index in [0.29, 0.717) is 25.9 Å². The first kappa shape index (κ1) is 12.8. The molecule has 4 nitrogen and oxygen atoms in total. The van der Waals surface area contributed by atoms with Gasteiger partial charge >= 0.3 is 0 Å². The van der Waals surface area contributed by atoms with Gasteiger partial charge in [0.25, 0.3) is 0 Å². The van der Waals surface area contributed by atoms with Gasteiger partial charge in [0, 0.05) is 19.0 Å². The summed E-state index contributed by atoms with van der Waals surface area (Å²) in [6, 6.07) is -0.0590. The molecule has 0 spiro atoms. The molecule has 5 heteroatoms. The molecule has 0 bridgehead atoms. The standard InChI is InChI=1S/C12H21FN2O2/c13-5-3-9-8-15(7-4-11(9)16)12(17)10-2-1-6-14-10/h9-11,14,16H,1-8H2/t9-,10+,11+/m1/s1. The van der Waals surface area contributed by atoms with Crippen LogP contribution < -0.4 is 5.32 Å². The normalized spacial score (nSPS) is 34.0. The molecule has 2 fully saturated rings. The van der Waals surface area contributed by atoms with E-state index >= 15 is 0 Å². The van der Waals surface area contributed by atoms with Crippen molar-refractivity contribution < 1.29 is 14.3 Å². The van der Waals surface area contributed by atoms with Gasteiger partial charge in [-0.25, -0.2) is 0 Å². The van der Waals surface area contributed by atoms with Crippen LogP contribution in [0.5, 0.6) is 0 Å². The maximum Gasteiger partial charge on any atom is 0.239 e. The van der Waals surface area contributed by atoms with E-state index in [1.807, 2.05) is 0 Å². The van der Waals surface area contributed by atoms with Crippen molar-refractivity contribution in [3.63, 3.8) is 0 Å². The van der Waals surface area contributed by atoms with Crippen molar-refractivity contribution in [1.82, 2.24) is 10.2 Å². The molecule has 17 heavy (non-hydrogen) atoms. The van der Waals surface area contributed by atoms with Gasteiger partial charge in [0.05, 0.1) is 18.8 Å². The average Bonchev–Trinajstić information content (AvgIpc) is 2.85. The van der Waals surface area contributed by atoms with Gasteiger partial charge in [-0.1, -0.05) is 0 Å². The van der Waals surface area contributed by atoms with Crippen molar-refractivity contribution in [2.24, 2.45) is 5.92 Å². The second-order valence-corrected chi connectivity index (χ2v) is 5.03. The Balaban J connectivity index is 1.90. The Hall–Kier alpha value is -0.680. The minimum atomic E-state index is -0.452. The second-order valence-electron chi connectivity index (χ2n) is 5.03. The molecule has 2 heterocycles. The number of halogens is 1. The predicted octanol–water partition coefficient (Wildman–Crippen LogP) is 0.307. The summed E-state index contributed by atoms with van der Waals surface area (Å²) in [4.78, 5) is 13.9. The van der Waals surface area contributed by atoms with Crippen LogP contribution in [0.1, 0.15) is 25.7 Å². The lowest BCUT2D eigenvalue weighted by Crippen LogP contribution is -2.51. The van der Waals surface area contributed by atoms with E-state index in [9.17, 15) is 14.3 Å². The summed E-state index contributed by atoms with van der Waals surface area (Å²) in [5.74, 6) is 0.0253. The van der Waals surface area contributed by atoms with E-state index in [1.54, 1.807) is 4.90 Å². The number of carbonyl (C=O) groups is 1. The van der Waals surface area contributed by atoms with E-state index in [0.717, 1.165) is 19.4 Å². The Morgan fingerprint density at radius 1 is 1.47 bits per heavy atom. The smallest absolute Gasteiger partial charge is 0.239 e. The number of amides is 1. The number of piperidine rings is 1. The molecule has 0 aromatic rings. The number of hydrogen-bond acceptors (Lipinski definition) is 3. The van der Waals surface area contributed by atoms with Gasteiger partial charge in [-0.3, -0.25) is 9.18 Å². The van der Waals surface area contributed by atoms with E-state index in [4.69, 9.17) is 0 Å². The lowest BCUT2D eigenvalue weighted by molar-refractivity contribution is -0.137. The van der Waals surface area contributed by atoms with Crippen LogP contribution in [-0.4, -0.2) is 54.4 Å². The van der Waals surface area contributed by atoms with Crippen LogP contribution in [0.25, 0.3) is 0 Å². The van der Waals surface area contributed by atoms with Crippen LogP contribution in [0.2, 0.25) is 0 Å². The van der Waals surface area contributed by atoms with Gasteiger partial charge in [0.2, 0.25) is 5.91 Å². The third-order valence-electron chi connectivity index (χ3n) is 3.84. The Bertz CT molecular complexity index is 269. The van der Waals surface area contributed by atoms with E-state index < -0.39 is 12.8 Å². The fourth-order valence-corrected chi connectivity index (χ4v) is 2.76. The van der Waals surface area contributed by atoms with Crippen molar-refractivity contribution in [2.45, 2.75) is 37.8 Å². The van der Waals surface area contributed by atoms with Crippen molar-refractivity contribution in [2.75, 3.05) is 26.3 Å². The summed E-state index contributed by atoms with van der Waals surface area (Å²) in [5.41, 5.74) is 0. The zero-order chi connectivity index (χ0) is 12.3. The van der Waals surface area contributed by atoms with Crippen molar-refractivity contribution in [1.29, 1.82) is 0 Å². The first-order valence-electron chi connectivity index (χ1n) is 6.48. The van der Waals surface area contributed by atoms with Crippen molar-refractivity contribution >= 4 is 5.91 Å². The van der Waals surface area contributed by atoms with Crippen LogP contribution in [0.15, 0.2) is 0 Å². The molecule has 0 aliphatic carbocycles. The average molecular weight is 244 g/mol. The molecule has 2 aliphatic rings. The first-order chi connectivity index (χ1) is 8.22. The molecule has 0 saturated carbocycles. The van der Waals surface area contributed by atoms with Crippen LogP contribution >= 0.6 is 0 Å². The highest BCUT2D eigenvalue weighted by Crippen LogP contribution is 2.22. The van der Waals surface area contributed by atoms with Gasteiger partial charge < -0.3 is 15.3 Å². The third-order valence-corrected chi connectivity index (χ3v) is 3.84. The molecular formula is C12H21FN2O2. The highest BCUT2D eigenvalue weighted by Gasteiger charge is 2.33. The van der Waals surface area contributed by atoms with Crippen molar-refractivity contribution in [3.05, 3.63) is 0 Å². The third kappa shape index (κ3) is 2.96. The minimum absolute atomic E-state index is 0.0590. The number of aliphatic hydroxyl groups excluding tert-OH is 1. The summed E-state index contributed by atoms with van der Waals surface area (Å²) >= 11 is 0. The summed E-state index contributed by atoms with van der Waals surface area (Å²) in [5, 5.41) is 12.9. The molecule has 3 atom stereocenters. The Kier molecular flexibility index (Phi) is 4.34. The molecule has 0 radical (unpaired) electrons. The molecule has 2 N–H and O–H groups in total. The Morgan fingerprint density at radius 3 is 2.94 bits per heavy atom. The SMILES string of the molecule is O=C([C@@H]1CCCN1)N1CC[C@H](O)[C@H](CCF)C1. The number of nitrogens with one attached hydrogen (secondary N) is 1. The first-order valence-corrected chi connectivity index (χ1v) is 6.48. The van der Waals surface area contributed by atoms with Crippen LogP contribution in [-0.2, 0) is 4.79 Å². The molecule has 2 saturated heterocycles. The maximum absolute atomic E-state index is 12.4. The molecule has 98 valence electrons. The molecule has 2 rings (SSSR count). The summed E-state index contributed by atoms with van der Waals surface area (Å²) in [7, 11) is 0. The van der Waals surface area contributed by atoms with Crippen LogP contribution in [0.4, 0.5) is 4.39 Å². The fourth-order valence-electron chi connectivity index (χ4n) is 2.76. The molecular weight excluding hydrogens is 223 g/mol. The minimum Gasteiger partial charge on any atom is -0.393 e. The van der Waals surface area contributed by atoms with Crippen LogP contribution in [0, 0.1) is 5.92 Å². The fraction of sp³-hybridized carbons (Fsp3) is 0.917. The maximum atomic E-state index is 12.4. The summed E-state index contributed by atoms with van der Waals surface area (Å²) in [6.45, 7) is 1.58. The number of rotatable bonds is 3. The largest absolute Gasteiger partial charge is 0.393 e. The summed E-state index contributed by atoms with van der Waals surface area (Å²) in [6.07, 6.45) is 2.41. The number of carbonyl (C=O) groups excluding carboxylic acids is 1. The predicted molar refractivity (Wildman–Crippen MR) is 62.3 cm³/mol. The highest BCUT2D eigenvalue weighted by molar-refractivity contribution is 5.82. The van der Waals surface area contributed by atoms with E-state index in [1.165, 1.54) is 0 Å². The summed E-state index contributed by atoms with van der Waals surface area (Å²) < 4.78 is 12.4. The van der Waals surface area contributed by atoms with E-state index in [2.05, 4.69) is 5.32 Å². The molecule has 0 unspecified atom stereocenters. The lowest BCUT2D eigenvalue weighted by Gasteiger charge is -2.37.